The molecule has 0 atom stereocenters. The molecule has 0 unspecified atom stereocenters. The maximum absolute atomic E-state index is 15.7. The third kappa shape index (κ3) is 4.27. The molecular weight excluding hydrogens is 455 g/mol. The van der Waals surface area contributed by atoms with Crippen molar-refractivity contribution in [1.29, 1.82) is 0 Å². The van der Waals surface area contributed by atoms with Crippen molar-refractivity contribution in [3.05, 3.63) is 172 Å². The molecule has 0 aliphatic carbocycles. The summed E-state index contributed by atoms with van der Waals surface area (Å²) < 4.78 is 46.8. The van der Waals surface area contributed by atoms with E-state index in [1.807, 2.05) is 121 Å². The van der Waals surface area contributed by atoms with Gasteiger partial charge >= 0.3 is 0 Å². The van der Waals surface area contributed by atoms with E-state index in [1.165, 1.54) is 0 Å². The Morgan fingerprint density at radius 1 is 0.389 bits per heavy atom. The minimum Gasteiger partial charge on any atom is -0.398 e. The Bertz CT molecular complexity index is 1260. The molecule has 0 heterocycles. The van der Waals surface area contributed by atoms with Gasteiger partial charge in [0.05, 0.1) is 0 Å². The van der Waals surface area contributed by atoms with Gasteiger partial charge in [-0.15, -0.1) is 0 Å². The van der Waals surface area contributed by atoms with Gasteiger partial charge in [0, 0.05) is 28.7 Å². The zero-order valence-corrected chi connectivity index (χ0v) is 19.4. The van der Waals surface area contributed by atoms with Crippen LogP contribution in [0.5, 0.6) is 0 Å². The fourth-order valence-corrected chi connectivity index (χ4v) is 4.91. The maximum atomic E-state index is 15.7. The molecule has 2 N–H and O–H groups in total. The van der Waals surface area contributed by atoms with E-state index in [1.54, 1.807) is 0 Å². The third-order valence-electron chi connectivity index (χ3n) is 6.55. The summed E-state index contributed by atoms with van der Waals surface area (Å²) in [5.74, 6) is -5.53. The second kappa shape index (κ2) is 10.1. The highest BCUT2D eigenvalue weighted by molar-refractivity contribution is 5.65. The van der Waals surface area contributed by atoms with E-state index in [0.29, 0.717) is 0 Å². The molecule has 0 fully saturated rings. The Balaban J connectivity index is 1.83. The first-order valence-electron chi connectivity index (χ1n) is 11.7. The van der Waals surface area contributed by atoms with Crippen LogP contribution in [0.2, 0.25) is 0 Å². The molecule has 5 aromatic rings. The standard InChI is InChI=1S/C32H24F3N/c33-29-27(25(21-13-5-1-6-14-21)22-15-7-2-8-16-22)32(36)28(30(34)31(29)35)26(23-17-9-3-10-18-23)24-19-11-4-12-20-24/h1-20,25-26H,36H2. The van der Waals surface area contributed by atoms with Gasteiger partial charge in [0.15, 0.2) is 17.5 Å². The number of nitrogens with two attached hydrogens (primary N) is 1. The van der Waals surface area contributed by atoms with Crippen molar-refractivity contribution in [3.8, 4) is 0 Å². The van der Waals surface area contributed by atoms with Crippen molar-refractivity contribution in [2.24, 2.45) is 0 Å². The molecule has 4 heteroatoms. The molecule has 0 aliphatic heterocycles. The molecule has 178 valence electrons. The summed E-state index contributed by atoms with van der Waals surface area (Å²) in [4.78, 5) is 0. The maximum Gasteiger partial charge on any atom is 0.195 e. The minimum absolute atomic E-state index is 0.0711. The molecule has 36 heavy (non-hydrogen) atoms. The van der Waals surface area contributed by atoms with Gasteiger partial charge in [0.2, 0.25) is 0 Å². The van der Waals surface area contributed by atoms with Crippen molar-refractivity contribution in [2.75, 3.05) is 5.73 Å². The quantitative estimate of drug-likeness (QED) is 0.149. The van der Waals surface area contributed by atoms with Crippen LogP contribution in [-0.4, -0.2) is 0 Å². The average Bonchev–Trinajstić information content (AvgIpc) is 2.94. The largest absolute Gasteiger partial charge is 0.398 e. The fraction of sp³-hybridized carbons (Fsp3) is 0.0625. The van der Waals surface area contributed by atoms with Crippen LogP contribution in [-0.2, 0) is 0 Å². The Morgan fingerprint density at radius 2 is 0.639 bits per heavy atom. The van der Waals surface area contributed by atoms with Gasteiger partial charge in [-0.25, -0.2) is 13.2 Å². The van der Waals surface area contributed by atoms with Gasteiger partial charge < -0.3 is 5.73 Å². The van der Waals surface area contributed by atoms with Crippen LogP contribution < -0.4 is 5.73 Å². The van der Waals surface area contributed by atoms with E-state index >= 15 is 13.2 Å². The first-order valence-corrected chi connectivity index (χ1v) is 11.7. The average molecular weight is 480 g/mol. The summed E-state index contributed by atoms with van der Waals surface area (Å²) >= 11 is 0. The number of rotatable bonds is 6. The number of benzene rings is 5. The summed E-state index contributed by atoms with van der Waals surface area (Å²) in [6.07, 6.45) is 0. The topological polar surface area (TPSA) is 26.0 Å². The molecule has 0 saturated heterocycles. The van der Waals surface area contributed by atoms with Crippen LogP contribution in [0.3, 0.4) is 0 Å². The molecule has 0 amide bonds. The molecule has 0 saturated carbocycles. The van der Waals surface area contributed by atoms with E-state index in [9.17, 15) is 0 Å². The lowest BCUT2D eigenvalue weighted by Crippen LogP contribution is -2.18. The molecule has 0 radical (unpaired) electrons. The van der Waals surface area contributed by atoms with Crippen LogP contribution in [0, 0.1) is 17.5 Å². The molecule has 0 bridgehead atoms. The summed E-state index contributed by atoms with van der Waals surface area (Å²) in [7, 11) is 0. The highest BCUT2D eigenvalue weighted by Gasteiger charge is 2.34. The van der Waals surface area contributed by atoms with Crippen LogP contribution in [0.1, 0.15) is 45.2 Å². The fourth-order valence-electron chi connectivity index (χ4n) is 4.91. The first kappa shape index (κ1) is 23.4. The lowest BCUT2D eigenvalue weighted by atomic mass is 9.78. The smallest absolute Gasteiger partial charge is 0.195 e. The van der Waals surface area contributed by atoms with Gasteiger partial charge in [-0.1, -0.05) is 121 Å². The van der Waals surface area contributed by atoms with Gasteiger partial charge in [0.1, 0.15) is 0 Å². The number of anilines is 1. The van der Waals surface area contributed by atoms with Crippen molar-refractivity contribution in [3.63, 3.8) is 0 Å². The second-order valence-corrected chi connectivity index (χ2v) is 8.69. The highest BCUT2D eigenvalue weighted by Crippen LogP contribution is 2.45. The van der Waals surface area contributed by atoms with Crippen molar-refractivity contribution < 1.29 is 13.2 Å². The molecular formula is C32H24F3N. The second-order valence-electron chi connectivity index (χ2n) is 8.69. The molecule has 5 rings (SSSR count). The molecule has 1 nitrogen and oxygen atoms in total. The first-order chi connectivity index (χ1) is 17.6. The SMILES string of the molecule is Nc1c(C(c2ccccc2)c2ccccc2)c(F)c(F)c(F)c1C(c1ccccc1)c1ccccc1. The van der Waals surface area contributed by atoms with Crippen LogP contribution in [0.4, 0.5) is 18.9 Å². The lowest BCUT2D eigenvalue weighted by molar-refractivity contribution is 0.434. The van der Waals surface area contributed by atoms with Crippen LogP contribution in [0.25, 0.3) is 0 Å². The highest BCUT2D eigenvalue weighted by atomic mass is 19.2. The number of hydrogen-bond donors (Lipinski definition) is 1. The number of hydrogen-bond acceptors (Lipinski definition) is 1. The molecule has 0 aliphatic rings. The van der Waals surface area contributed by atoms with E-state index in [0.717, 1.165) is 22.3 Å². The van der Waals surface area contributed by atoms with Crippen molar-refractivity contribution in [2.45, 2.75) is 11.8 Å². The summed E-state index contributed by atoms with van der Waals surface area (Å²) in [6, 6.07) is 36.7. The van der Waals surface area contributed by atoms with Gasteiger partial charge in [0.25, 0.3) is 0 Å². The number of nitrogen functional groups attached to an aromatic ring is 1. The van der Waals surface area contributed by atoms with E-state index < -0.39 is 29.3 Å². The minimum atomic E-state index is -1.53. The lowest BCUT2D eigenvalue weighted by Gasteiger charge is -2.27. The zero-order valence-electron chi connectivity index (χ0n) is 19.4. The summed E-state index contributed by atoms with van der Waals surface area (Å²) in [6.45, 7) is 0. The predicted molar refractivity (Wildman–Crippen MR) is 138 cm³/mol. The third-order valence-corrected chi connectivity index (χ3v) is 6.55. The van der Waals surface area contributed by atoms with Crippen molar-refractivity contribution >= 4 is 5.69 Å². The molecule has 0 aromatic heterocycles. The van der Waals surface area contributed by atoms with E-state index in [4.69, 9.17) is 5.73 Å². The Hall–Kier alpha value is -4.31. The van der Waals surface area contributed by atoms with Crippen LogP contribution in [0.15, 0.2) is 121 Å². The van der Waals surface area contributed by atoms with Crippen LogP contribution >= 0.6 is 0 Å². The molecule has 5 aromatic carbocycles. The van der Waals surface area contributed by atoms with Crippen molar-refractivity contribution in [1.82, 2.24) is 0 Å². The Labute approximate surface area is 208 Å². The van der Waals surface area contributed by atoms with Gasteiger partial charge in [-0.05, 0) is 22.3 Å². The van der Waals surface area contributed by atoms with E-state index in [-0.39, 0.29) is 16.8 Å². The van der Waals surface area contributed by atoms with Gasteiger partial charge in [-0.2, -0.15) is 0 Å². The normalized spacial score (nSPS) is 11.2. The Morgan fingerprint density at radius 3 is 0.889 bits per heavy atom. The summed E-state index contributed by atoms with van der Waals surface area (Å²) in [5, 5.41) is 0. The summed E-state index contributed by atoms with van der Waals surface area (Å²) in [5.41, 5.74) is 9.32. The predicted octanol–water partition coefficient (Wildman–Crippen LogP) is 8.05. The van der Waals surface area contributed by atoms with E-state index in [2.05, 4.69) is 0 Å². The monoisotopic (exact) mass is 479 g/mol. The van der Waals surface area contributed by atoms with Gasteiger partial charge in [-0.3, -0.25) is 0 Å². The number of halogens is 3. The Kier molecular flexibility index (Phi) is 6.59. The zero-order chi connectivity index (χ0) is 25.1. The molecule has 0 spiro atoms.